The minimum absolute atomic E-state index is 0.00331. The van der Waals surface area contributed by atoms with E-state index in [1.165, 1.54) is 63.0 Å². The number of carbonyl (C=O) groups excluding carboxylic acids is 3. The van der Waals surface area contributed by atoms with E-state index in [0.29, 0.717) is 109 Å². The van der Waals surface area contributed by atoms with Crippen molar-refractivity contribution in [2.75, 3.05) is 135 Å². The van der Waals surface area contributed by atoms with E-state index in [-0.39, 0.29) is 108 Å². The first kappa shape index (κ1) is 101. The molecule has 33 heteroatoms. The van der Waals surface area contributed by atoms with Gasteiger partial charge in [0.05, 0.1) is 73.5 Å². The van der Waals surface area contributed by atoms with Crippen molar-refractivity contribution < 1.29 is 82.3 Å². The number of methoxy groups -OCH3 is 3. The van der Waals surface area contributed by atoms with Gasteiger partial charge in [-0.25, -0.2) is 14.2 Å². The predicted molar refractivity (Wildman–Crippen MR) is 555 cm³/mol. The quantitative estimate of drug-likeness (QED) is 0.113. The lowest BCUT2D eigenvalue weighted by Gasteiger charge is -2.48. The smallest absolute Gasteiger partial charge is 0.304 e. The molecule has 0 unspecified atom stereocenters. The van der Waals surface area contributed by atoms with Crippen LogP contribution >= 0.6 is 34.8 Å². The van der Waals surface area contributed by atoms with Crippen molar-refractivity contribution in [1.29, 1.82) is 0 Å². The van der Waals surface area contributed by atoms with Crippen LogP contribution in [0, 0.1) is 53.3 Å². The maximum atomic E-state index is 14.0. The number of halogens is 3. The zero-order valence-electron chi connectivity index (χ0n) is 83.5. The number of nitrogens with one attached hydrogen (secondary N) is 3. The van der Waals surface area contributed by atoms with E-state index in [1.54, 1.807) is 39.5 Å². The van der Waals surface area contributed by atoms with Gasteiger partial charge >= 0.3 is 30.6 Å². The van der Waals surface area contributed by atoms with E-state index >= 15 is 0 Å². The summed E-state index contributed by atoms with van der Waals surface area (Å²) in [6.45, 7) is 14.5. The van der Waals surface area contributed by atoms with Crippen LogP contribution in [0.1, 0.15) is 220 Å². The second-order valence-electron chi connectivity index (χ2n) is 44.8. The van der Waals surface area contributed by atoms with Crippen molar-refractivity contribution in [2.24, 2.45) is 53.3 Å². The molecule has 21 atom stereocenters. The highest BCUT2D eigenvalue weighted by molar-refractivity contribution is 7.88. The minimum Gasteiger partial charge on any atom is -0.490 e. The molecular weight excluding hydrogens is 1950 g/mol. The average Bonchev–Trinajstić information content (AvgIpc) is 1.68. The van der Waals surface area contributed by atoms with E-state index in [9.17, 15) is 39.6 Å². The van der Waals surface area contributed by atoms with E-state index in [0.717, 1.165) is 225 Å². The lowest BCUT2D eigenvalue weighted by atomic mass is 9.65. The summed E-state index contributed by atoms with van der Waals surface area (Å²) in [5.41, 5.74) is 14.1. The van der Waals surface area contributed by atoms with E-state index in [2.05, 4.69) is 83.5 Å². The van der Waals surface area contributed by atoms with Crippen LogP contribution in [0.25, 0.3) is 0 Å². The number of hydrogen-bond acceptors (Lipinski definition) is 21. The molecule has 144 heavy (non-hydrogen) atoms. The van der Waals surface area contributed by atoms with E-state index < -0.39 is 48.3 Å². The Hall–Kier alpha value is -7.89. The lowest BCUT2D eigenvalue weighted by Crippen LogP contribution is -2.54. The SMILES string of the molecule is CO[C@H]1C2=C[C@@H](C2)[C@H](C)N(C[C@@H]2CCCO2)S(=O)(=O)NC(=O)c2ccc3c(c2)N(C[C@@H]2CC[C@H]21)C[C@@]1(CCCc2cc(Cl)ccc21)CO3.CO[C@H]1C2=C[C@H](C2)[C@H](C)N(C[C@@H]2CCCO2)S(=O)(=O)NC(=O)c2ccc3c(c2)N(C[C@@H]2CC[C@H]21)C[C@@]1(CCCc2cc(Cl)ccc21)CO3.CO[C@H]1C2=C[C@H](C2)[C@H](C)N(C[C@H]2CCCO2)S(=O)(=O)NC(=O)c2ccc3c(c2)N(C[C@@H]2CC[C@H]21)C[C@@]1(CCCc2cc(Cl)ccc21)CO3. The number of rotatable bonds is 9. The summed E-state index contributed by atoms with van der Waals surface area (Å²) in [5.74, 6) is 2.63. The monoisotopic (exact) mass is 2090 g/mol. The Bertz CT molecular complexity index is 5780. The van der Waals surface area contributed by atoms with Crippen molar-refractivity contribution in [3.63, 3.8) is 0 Å². The Balaban J connectivity index is 0.000000123. The number of anilines is 3. The number of ether oxygens (including phenoxy) is 9. The van der Waals surface area contributed by atoms with Crippen LogP contribution < -0.4 is 43.1 Å². The predicted octanol–water partition coefficient (Wildman–Crippen LogP) is 17.0. The number of fused-ring (bicyclic) bond motifs is 18. The summed E-state index contributed by atoms with van der Waals surface area (Å²) >= 11 is 19.4. The largest absolute Gasteiger partial charge is 0.490 e. The third-order valence-electron chi connectivity index (χ3n) is 36.5. The first-order valence-electron chi connectivity index (χ1n) is 52.9. The van der Waals surface area contributed by atoms with Gasteiger partial charge in [-0.3, -0.25) is 14.4 Å². The molecule has 0 radical (unpaired) electrons. The highest BCUT2D eigenvalue weighted by Gasteiger charge is 2.54. The van der Waals surface area contributed by atoms with E-state index in [4.69, 9.17) is 77.4 Å². The third kappa shape index (κ3) is 19.5. The molecule has 3 amide bonds. The Morgan fingerprint density at radius 3 is 0.910 bits per heavy atom. The van der Waals surface area contributed by atoms with Crippen molar-refractivity contribution in [2.45, 2.75) is 246 Å². The van der Waals surface area contributed by atoms with Gasteiger partial charge in [-0.1, -0.05) is 71.2 Å². The van der Waals surface area contributed by atoms with Crippen LogP contribution in [-0.2, 0) is 94.6 Å². The number of benzene rings is 6. The van der Waals surface area contributed by atoms with Gasteiger partial charge in [-0.05, 0) is 369 Å². The summed E-state index contributed by atoms with van der Waals surface area (Å²) < 4.78 is 152. The standard InChI is InChI=1S/3C37H46ClN3O6S/c3*1-23-27-15-28(16-27)35(45-2)31-10-7-26(31)19-40-21-37(13-3-5-24-17-29(38)9-11-32(24)37)22-47-34-12-8-25(18-33(34)40)36(42)39-48(43,44)41(23)20-30-6-4-14-46-30/h3*8-9,11-12,15,17-18,23,26-27,30-31,35H,3-7,10,13-14,16,19-22H2,1-2H3,(H,39,42)/t23-,26-,27+,30+,31+,35-,37-;23-,26-,27+,30-,31+,35-,37-;23-,26-,27-,30-,31+,35-,37-/m000/s1. The topological polar surface area (TPSA) is 292 Å². The number of nitrogens with zero attached hydrogens (tertiary/aromatic N) is 6. The summed E-state index contributed by atoms with van der Waals surface area (Å²) in [6.07, 6.45) is 29.2. The zero-order chi connectivity index (χ0) is 99.6. The highest BCUT2D eigenvalue weighted by Crippen LogP contribution is 2.56. The van der Waals surface area contributed by atoms with Crippen molar-refractivity contribution in [1.82, 2.24) is 27.1 Å². The number of amides is 3. The maximum Gasteiger partial charge on any atom is 0.304 e. The Morgan fingerprint density at radius 2 is 0.660 bits per heavy atom. The Labute approximate surface area is 863 Å². The van der Waals surface area contributed by atoms with E-state index in [1.807, 2.05) is 75.4 Å². The summed E-state index contributed by atoms with van der Waals surface area (Å²) in [6, 6.07) is 33.8. The Morgan fingerprint density at radius 1 is 0.375 bits per heavy atom. The second kappa shape index (κ2) is 40.8. The minimum atomic E-state index is -4.18. The number of carbonyl (C=O) groups is 3. The van der Waals surface area contributed by atoms with Gasteiger partial charge in [0.15, 0.2) is 0 Å². The first-order chi connectivity index (χ1) is 69.4. The molecule has 774 valence electrons. The van der Waals surface area contributed by atoms with Crippen molar-refractivity contribution in [3.05, 3.63) is 209 Å². The van der Waals surface area contributed by atoms with Crippen molar-refractivity contribution >= 4 is 100 Å². The van der Waals surface area contributed by atoms with Gasteiger partial charge < -0.3 is 57.3 Å². The normalized spacial score (nSPS) is 34.4. The van der Waals surface area contributed by atoms with Gasteiger partial charge in [-0.15, -0.1) is 0 Å². The third-order valence-corrected chi connectivity index (χ3v) is 41.8. The van der Waals surface area contributed by atoms with Crippen LogP contribution in [0.3, 0.4) is 0 Å². The van der Waals surface area contributed by atoms with Crippen LogP contribution in [-0.4, -0.2) is 231 Å². The molecule has 12 aliphatic heterocycles. The fourth-order valence-electron chi connectivity index (χ4n) is 27.9. The summed E-state index contributed by atoms with van der Waals surface area (Å²) in [4.78, 5) is 48.7. The lowest BCUT2D eigenvalue weighted by molar-refractivity contribution is -0.00113. The molecule has 3 saturated heterocycles. The zero-order valence-corrected chi connectivity index (χ0v) is 88.2. The molecule has 27 nitrogen and oxygen atoms in total. The molecule has 3 N–H and O–H groups in total. The van der Waals surface area contributed by atoms with Gasteiger partial charge in [0, 0.05) is 166 Å². The molecule has 9 aliphatic carbocycles. The molecule has 3 saturated carbocycles. The van der Waals surface area contributed by atoms with Gasteiger partial charge in [0.2, 0.25) is 0 Å². The van der Waals surface area contributed by atoms with Gasteiger partial charge in [0.1, 0.15) is 17.2 Å². The highest BCUT2D eigenvalue weighted by atomic mass is 35.5. The summed E-state index contributed by atoms with van der Waals surface area (Å²) in [7, 11) is -7.14. The molecule has 21 aliphatic rings. The molecule has 6 fully saturated rings. The second-order valence-corrected chi connectivity index (χ2v) is 51.0. The average molecular weight is 2090 g/mol. The molecule has 27 rings (SSSR count). The Kier molecular flexibility index (Phi) is 28.5. The summed E-state index contributed by atoms with van der Waals surface area (Å²) in [5, 5.41) is 2.25. The number of aryl methyl sites for hydroxylation is 3. The fraction of sp³-hybridized carbons (Fsp3) is 0.595. The van der Waals surface area contributed by atoms with Gasteiger partial charge in [-0.2, -0.15) is 38.2 Å². The fourth-order valence-corrected chi connectivity index (χ4v) is 32.8. The van der Waals surface area contributed by atoms with Crippen LogP contribution in [0.5, 0.6) is 17.2 Å². The molecule has 12 heterocycles. The molecule has 3 spiro atoms. The molecule has 6 aromatic rings. The van der Waals surface area contributed by atoms with Crippen LogP contribution in [0.2, 0.25) is 15.1 Å². The van der Waals surface area contributed by atoms with Gasteiger partial charge in [0.25, 0.3) is 17.7 Å². The maximum absolute atomic E-state index is 14.0. The van der Waals surface area contributed by atoms with Crippen LogP contribution in [0.15, 0.2) is 144 Å². The molecule has 0 aromatic heterocycles. The molecule has 6 aromatic carbocycles. The number of hydrogen-bond donors (Lipinski definition) is 3. The van der Waals surface area contributed by atoms with Crippen LogP contribution in [0.4, 0.5) is 17.1 Å². The van der Waals surface area contributed by atoms with Crippen molar-refractivity contribution in [3.8, 4) is 17.2 Å². The molecular formula is C111H138Cl3N9O18S3. The first-order valence-corrected chi connectivity index (χ1v) is 58.4. The molecule has 12 bridgehead atoms.